The monoisotopic (exact) mass is 559 g/mol. The molecule has 4 rings (SSSR count). The zero-order valence-corrected chi connectivity index (χ0v) is 22.3. The van der Waals surface area contributed by atoms with E-state index in [0.29, 0.717) is 30.6 Å². The molecule has 10 heteroatoms. The average molecular weight is 560 g/mol. The van der Waals surface area contributed by atoms with Gasteiger partial charge >= 0.3 is 13.2 Å². The van der Waals surface area contributed by atoms with Gasteiger partial charge in [-0.15, -0.1) is 0 Å². The van der Waals surface area contributed by atoms with Crippen LogP contribution in [0.5, 0.6) is 5.75 Å². The maximum absolute atomic E-state index is 13.2. The van der Waals surface area contributed by atoms with Crippen LogP contribution in [0.3, 0.4) is 0 Å². The third kappa shape index (κ3) is 4.90. The molecule has 0 saturated carbocycles. The summed E-state index contributed by atoms with van der Waals surface area (Å²) in [7, 11) is 0.0753. The van der Waals surface area contributed by atoms with Gasteiger partial charge in [-0.1, -0.05) is 47.0 Å². The Morgan fingerprint density at radius 1 is 1.28 bits per heavy atom. The fourth-order valence-corrected chi connectivity index (χ4v) is 6.28. The smallest absolute Gasteiger partial charge is 0.455 e. The fourth-order valence-electron chi connectivity index (χ4n) is 5.90. The van der Waals surface area contributed by atoms with E-state index in [1.165, 1.54) is 0 Å². The highest BCUT2D eigenvalue weighted by molar-refractivity contribution is 9.10. The number of phenols is 1. The Morgan fingerprint density at radius 2 is 2.03 bits per heavy atom. The first kappa shape index (κ1) is 26.6. The lowest BCUT2D eigenvalue weighted by Crippen LogP contribution is -2.46. The molecule has 0 aromatic heterocycles. The number of fused-ring (bicyclic) bond motifs is 3. The topological polar surface area (TPSA) is 113 Å². The lowest BCUT2D eigenvalue weighted by Gasteiger charge is -2.43. The molecular formula is C26H31BBrNO7. The van der Waals surface area contributed by atoms with Crippen LogP contribution in [0.25, 0.3) is 6.08 Å². The molecule has 1 aromatic rings. The number of likely N-dealkylation sites (tertiary alicyclic amines) is 1. The predicted octanol–water partition coefficient (Wildman–Crippen LogP) is 4.70. The SMILES string of the molecule is CCC1=C2[C@@H](CC/C(=C/c3cc(Br)ccc3O)CC)OB(O)C[C@@H]2[C@@H]2C(=O)N(C(=O)OC)C(=O)[C@@H]2C1. The summed E-state index contributed by atoms with van der Waals surface area (Å²) in [5.74, 6) is -2.59. The van der Waals surface area contributed by atoms with Gasteiger partial charge in [-0.05, 0) is 68.1 Å². The molecule has 0 spiro atoms. The van der Waals surface area contributed by atoms with Gasteiger partial charge in [0.1, 0.15) is 5.75 Å². The highest BCUT2D eigenvalue weighted by Gasteiger charge is 2.58. The minimum absolute atomic E-state index is 0.197. The predicted molar refractivity (Wildman–Crippen MR) is 138 cm³/mol. The molecule has 0 radical (unpaired) electrons. The van der Waals surface area contributed by atoms with Crippen molar-refractivity contribution in [3.8, 4) is 5.75 Å². The molecule has 2 N–H and O–H groups in total. The summed E-state index contributed by atoms with van der Waals surface area (Å²) in [6.45, 7) is 4.06. The molecule has 3 amide bonds. The molecule has 2 saturated heterocycles. The Balaban J connectivity index is 1.62. The second-order valence-corrected chi connectivity index (χ2v) is 10.5. The summed E-state index contributed by atoms with van der Waals surface area (Å²) >= 11 is 3.44. The molecule has 0 bridgehead atoms. The van der Waals surface area contributed by atoms with Crippen molar-refractivity contribution in [2.24, 2.45) is 17.8 Å². The zero-order valence-electron chi connectivity index (χ0n) is 20.7. The van der Waals surface area contributed by atoms with Crippen LogP contribution in [0.15, 0.2) is 39.4 Å². The number of carbonyl (C=O) groups excluding carboxylic acids is 3. The van der Waals surface area contributed by atoms with Crippen LogP contribution in [0, 0.1) is 17.8 Å². The summed E-state index contributed by atoms with van der Waals surface area (Å²) in [4.78, 5) is 39.0. The number of phenolic OH excluding ortho intramolecular Hbond substituents is 1. The lowest BCUT2D eigenvalue weighted by atomic mass is 9.58. The average Bonchev–Trinajstić information content (AvgIpc) is 3.11. The van der Waals surface area contributed by atoms with Crippen molar-refractivity contribution in [1.29, 1.82) is 0 Å². The van der Waals surface area contributed by atoms with Crippen LogP contribution >= 0.6 is 15.9 Å². The van der Waals surface area contributed by atoms with E-state index in [9.17, 15) is 24.5 Å². The molecule has 2 aliphatic heterocycles. The number of allylic oxidation sites excluding steroid dienone is 2. The van der Waals surface area contributed by atoms with E-state index in [2.05, 4.69) is 20.7 Å². The molecule has 2 heterocycles. The van der Waals surface area contributed by atoms with E-state index in [4.69, 9.17) is 4.65 Å². The van der Waals surface area contributed by atoms with Gasteiger partial charge in [0.25, 0.3) is 0 Å². The minimum atomic E-state index is -1.07. The number of nitrogens with zero attached hydrogens (tertiary/aromatic N) is 1. The summed E-state index contributed by atoms with van der Waals surface area (Å²) in [6, 6.07) is 5.28. The summed E-state index contributed by atoms with van der Waals surface area (Å²) < 4.78 is 11.5. The van der Waals surface area contributed by atoms with Crippen molar-refractivity contribution in [1.82, 2.24) is 4.90 Å². The normalized spacial score (nSPS) is 26.3. The van der Waals surface area contributed by atoms with Gasteiger partial charge in [-0.25, -0.2) is 4.79 Å². The zero-order chi connectivity index (χ0) is 26.1. The van der Waals surface area contributed by atoms with Gasteiger partial charge in [-0.2, -0.15) is 4.90 Å². The molecule has 2 fully saturated rings. The molecule has 36 heavy (non-hydrogen) atoms. The second-order valence-electron chi connectivity index (χ2n) is 9.55. The van der Waals surface area contributed by atoms with Crippen molar-refractivity contribution in [2.45, 2.75) is 58.4 Å². The standard InChI is InChI=1S/C26H31BBrNO7/c1-4-14(10-16-11-17(28)7-8-20(16)30)6-9-21-22-15(5-2)12-18-23(19(22)13-27(34)36-21)25(32)29(24(18)31)26(33)35-3/h7-8,10-11,18-19,21,23,30,34H,4-6,9,12-13H2,1-3H3/b14-10+/t18-,19+,21-,23-/m1/s1. The van der Waals surface area contributed by atoms with Crippen LogP contribution in [0.2, 0.25) is 6.32 Å². The highest BCUT2D eigenvalue weighted by Crippen LogP contribution is 2.51. The van der Waals surface area contributed by atoms with E-state index in [1.54, 1.807) is 12.1 Å². The van der Waals surface area contributed by atoms with Crippen molar-refractivity contribution in [3.05, 3.63) is 45.0 Å². The number of hydrogen-bond donors (Lipinski definition) is 2. The number of rotatable bonds is 6. The number of hydrogen-bond acceptors (Lipinski definition) is 7. The van der Waals surface area contributed by atoms with E-state index >= 15 is 0 Å². The number of imide groups is 3. The lowest BCUT2D eigenvalue weighted by molar-refractivity contribution is -0.137. The van der Waals surface area contributed by atoms with Crippen LogP contribution in [-0.2, 0) is 19.0 Å². The van der Waals surface area contributed by atoms with E-state index in [1.807, 2.05) is 26.0 Å². The Bertz CT molecular complexity index is 1130. The third-order valence-electron chi connectivity index (χ3n) is 7.62. The first-order chi connectivity index (χ1) is 17.2. The van der Waals surface area contributed by atoms with E-state index < -0.39 is 43.0 Å². The third-order valence-corrected chi connectivity index (χ3v) is 8.12. The maximum Gasteiger partial charge on any atom is 0.455 e. The van der Waals surface area contributed by atoms with Crippen LogP contribution in [-0.4, -0.2) is 53.3 Å². The molecule has 8 nitrogen and oxygen atoms in total. The molecule has 1 aromatic carbocycles. The van der Waals surface area contributed by atoms with Crippen molar-refractivity contribution in [3.63, 3.8) is 0 Å². The van der Waals surface area contributed by atoms with Crippen molar-refractivity contribution in [2.75, 3.05) is 7.11 Å². The largest absolute Gasteiger partial charge is 0.507 e. The quantitative estimate of drug-likeness (QED) is 0.295. The minimum Gasteiger partial charge on any atom is -0.507 e. The van der Waals surface area contributed by atoms with Crippen molar-refractivity contribution >= 4 is 47.0 Å². The Morgan fingerprint density at radius 3 is 2.69 bits per heavy atom. The molecule has 0 unspecified atom stereocenters. The van der Waals surface area contributed by atoms with Crippen LogP contribution in [0.1, 0.15) is 51.5 Å². The van der Waals surface area contributed by atoms with Crippen LogP contribution in [0.4, 0.5) is 4.79 Å². The van der Waals surface area contributed by atoms with Gasteiger partial charge in [0, 0.05) is 10.0 Å². The Hall–Kier alpha value is -2.43. The Labute approximate surface area is 219 Å². The highest BCUT2D eigenvalue weighted by atomic mass is 79.9. The fraction of sp³-hybridized carbons (Fsp3) is 0.500. The van der Waals surface area contributed by atoms with Crippen molar-refractivity contribution < 1.29 is 33.9 Å². The summed E-state index contributed by atoms with van der Waals surface area (Å²) in [5.41, 5.74) is 3.87. The number of ether oxygens (including phenoxy) is 1. The summed E-state index contributed by atoms with van der Waals surface area (Å²) in [6.07, 6.45) is 3.91. The number of carbonyl (C=O) groups is 3. The van der Waals surface area contributed by atoms with Gasteiger partial charge in [0.05, 0.1) is 25.0 Å². The van der Waals surface area contributed by atoms with Crippen LogP contribution < -0.4 is 0 Å². The number of methoxy groups -OCH3 is 1. The molecule has 4 atom stereocenters. The number of benzene rings is 1. The Kier molecular flexibility index (Phi) is 8.07. The van der Waals surface area contributed by atoms with Gasteiger partial charge < -0.3 is 19.5 Å². The van der Waals surface area contributed by atoms with Gasteiger partial charge in [0.2, 0.25) is 11.8 Å². The molecular weight excluding hydrogens is 529 g/mol. The number of aromatic hydroxyl groups is 1. The molecule has 192 valence electrons. The molecule has 3 aliphatic rings. The molecule has 1 aliphatic carbocycles. The van der Waals surface area contributed by atoms with Gasteiger partial charge in [-0.3, -0.25) is 9.59 Å². The van der Waals surface area contributed by atoms with Gasteiger partial charge in [0.15, 0.2) is 0 Å². The number of halogens is 1. The first-order valence-corrected chi connectivity index (χ1v) is 13.2. The first-order valence-electron chi connectivity index (χ1n) is 12.4. The van der Waals surface area contributed by atoms with E-state index in [-0.39, 0.29) is 18.0 Å². The number of amides is 3. The summed E-state index contributed by atoms with van der Waals surface area (Å²) in [5, 5.41) is 20.8. The second kappa shape index (κ2) is 10.9. The maximum atomic E-state index is 13.2. The van der Waals surface area contributed by atoms with E-state index in [0.717, 1.165) is 40.3 Å².